The highest BCUT2D eigenvalue weighted by atomic mass is 35.5. The van der Waals surface area contributed by atoms with Gasteiger partial charge >= 0.3 is 0 Å². The summed E-state index contributed by atoms with van der Waals surface area (Å²) in [5, 5.41) is 0.941. The molecule has 0 fully saturated rings. The van der Waals surface area contributed by atoms with Crippen molar-refractivity contribution < 1.29 is 14.2 Å². The number of aromatic nitrogens is 3. The molecule has 2 aromatic carbocycles. The van der Waals surface area contributed by atoms with Crippen LogP contribution in [0, 0.1) is 0 Å². The Morgan fingerprint density at radius 1 is 0.975 bits per heavy atom. The number of thioether (sulfide) groups is 1. The molecule has 0 radical (unpaired) electrons. The van der Waals surface area contributed by atoms with Gasteiger partial charge in [0.2, 0.25) is 0 Å². The van der Waals surface area contributed by atoms with Gasteiger partial charge in [-0.1, -0.05) is 53.7 Å². The van der Waals surface area contributed by atoms with Crippen molar-refractivity contribution in [3.63, 3.8) is 0 Å². The summed E-state index contributed by atoms with van der Waals surface area (Å²) in [6.45, 7) is 4.66. The van der Waals surface area contributed by atoms with Crippen molar-refractivity contribution in [1.29, 1.82) is 0 Å². The minimum absolute atomic E-state index is 0.0544. The van der Waals surface area contributed by atoms with Gasteiger partial charge in [0.1, 0.15) is 23.9 Å². The van der Waals surface area contributed by atoms with E-state index >= 15 is 0 Å². The number of anilines is 2. The van der Waals surface area contributed by atoms with E-state index in [1.807, 2.05) is 42.8 Å². The van der Waals surface area contributed by atoms with Gasteiger partial charge in [-0.3, -0.25) is 0 Å². The maximum atomic E-state index is 6.49. The quantitative estimate of drug-likeness (QED) is 0.120. The monoisotopic (exact) mass is 577 g/mol. The minimum Gasteiger partial charge on any atom is -0.497 e. The average Bonchev–Trinajstić information content (AvgIpc) is 3.00. The van der Waals surface area contributed by atoms with Gasteiger partial charge in [0, 0.05) is 24.8 Å². The SMILES string of the molecule is COc1ccc(CN(Cc2ccc(OC)cc2)c2ncccc2[C@@H](C)N2CCOc3c(Cl)nc(SC)nc32)cc1. The van der Waals surface area contributed by atoms with Crippen LogP contribution in [-0.2, 0) is 13.1 Å². The van der Waals surface area contributed by atoms with Crippen molar-refractivity contribution in [2.24, 2.45) is 0 Å². The Bertz CT molecular complexity index is 1390. The number of methoxy groups -OCH3 is 2. The van der Waals surface area contributed by atoms with E-state index < -0.39 is 0 Å². The van der Waals surface area contributed by atoms with Gasteiger partial charge in [-0.15, -0.1) is 0 Å². The van der Waals surface area contributed by atoms with Crippen molar-refractivity contribution in [1.82, 2.24) is 15.0 Å². The molecule has 1 atom stereocenters. The largest absolute Gasteiger partial charge is 0.497 e. The first-order valence-corrected chi connectivity index (χ1v) is 14.6. The number of hydrogen-bond donors (Lipinski definition) is 0. The van der Waals surface area contributed by atoms with Crippen LogP contribution in [0.25, 0.3) is 0 Å². The second-order valence-electron chi connectivity index (χ2n) is 9.34. The van der Waals surface area contributed by atoms with Gasteiger partial charge in [0.25, 0.3) is 0 Å². The molecule has 2 aromatic heterocycles. The fourth-order valence-corrected chi connectivity index (χ4v) is 5.44. The molecule has 0 unspecified atom stereocenters. The Labute approximate surface area is 244 Å². The lowest BCUT2D eigenvalue weighted by Crippen LogP contribution is -2.37. The Balaban J connectivity index is 1.52. The Morgan fingerprint density at radius 2 is 1.60 bits per heavy atom. The van der Waals surface area contributed by atoms with Crippen molar-refractivity contribution >= 4 is 35.0 Å². The summed E-state index contributed by atoms with van der Waals surface area (Å²) in [6.07, 6.45) is 3.78. The summed E-state index contributed by atoms with van der Waals surface area (Å²) in [4.78, 5) is 18.6. The van der Waals surface area contributed by atoms with Crippen LogP contribution < -0.4 is 24.0 Å². The lowest BCUT2D eigenvalue weighted by Gasteiger charge is -2.37. The molecule has 3 heterocycles. The zero-order valence-electron chi connectivity index (χ0n) is 23.0. The van der Waals surface area contributed by atoms with E-state index in [1.165, 1.54) is 11.8 Å². The van der Waals surface area contributed by atoms with Crippen LogP contribution in [0.2, 0.25) is 5.15 Å². The second kappa shape index (κ2) is 12.7. The van der Waals surface area contributed by atoms with E-state index in [9.17, 15) is 0 Å². The molecular formula is C30H32ClN5O3S. The number of rotatable bonds is 10. The summed E-state index contributed by atoms with van der Waals surface area (Å²) in [6, 6.07) is 20.4. The second-order valence-corrected chi connectivity index (χ2v) is 10.5. The van der Waals surface area contributed by atoms with E-state index in [4.69, 9.17) is 35.8 Å². The number of hydrogen-bond acceptors (Lipinski definition) is 9. The first-order chi connectivity index (χ1) is 19.5. The zero-order valence-corrected chi connectivity index (χ0v) is 24.6. The van der Waals surface area contributed by atoms with E-state index in [0.717, 1.165) is 34.0 Å². The molecular weight excluding hydrogens is 546 g/mol. The van der Waals surface area contributed by atoms with Crippen molar-refractivity contribution in [2.45, 2.75) is 31.2 Å². The summed E-state index contributed by atoms with van der Waals surface area (Å²) in [5.74, 6) is 3.79. The molecule has 0 aliphatic carbocycles. The third-order valence-electron chi connectivity index (χ3n) is 6.92. The first kappa shape index (κ1) is 27.9. The van der Waals surface area contributed by atoms with Crippen molar-refractivity contribution in [3.8, 4) is 17.2 Å². The molecule has 40 heavy (non-hydrogen) atoms. The number of ether oxygens (including phenoxy) is 3. The lowest BCUT2D eigenvalue weighted by atomic mass is 10.1. The highest BCUT2D eigenvalue weighted by molar-refractivity contribution is 7.98. The molecule has 208 valence electrons. The van der Waals surface area contributed by atoms with Gasteiger partial charge in [-0.25, -0.2) is 15.0 Å². The standard InChI is InChI=1S/C30H32ClN5O3S/c1-20(36-16-17-39-26-27(31)33-30(40-4)34-29(26)36)25-6-5-15-32-28(25)35(18-21-7-11-23(37-2)12-8-21)19-22-9-13-24(38-3)14-10-22/h5-15,20H,16-19H2,1-4H3/t20-/m1/s1. The van der Waals surface area contributed by atoms with Gasteiger partial charge in [-0.05, 0) is 54.6 Å². The third-order valence-corrected chi connectivity index (χ3v) is 7.72. The molecule has 1 aliphatic heterocycles. The summed E-state index contributed by atoms with van der Waals surface area (Å²) >= 11 is 7.95. The maximum Gasteiger partial charge on any atom is 0.199 e. The van der Waals surface area contributed by atoms with E-state index in [2.05, 4.69) is 52.0 Å². The molecule has 10 heteroatoms. The molecule has 0 N–H and O–H groups in total. The van der Waals surface area contributed by atoms with Crippen LogP contribution >= 0.6 is 23.4 Å². The molecule has 0 bridgehead atoms. The van der Waals surface area contributed by atoms with Crippen LogP contribution in [0.1, 0.15) is 29.7 Å². The molecule has 8 nitrogen and oxygen atoms in total. The molecule has 0 saturated heterocycles. The van der Waals surface area contributed by atoms with Gasteiger partial charge in [-0.2, -0.15) is 0 Å². The summed E-state index contributed by atoms with van der Waals surface area (Å²) in [7, 11) is 3.35. The molecule has 1 aliphatic rings. The van der Waals surface area contributed by atoms with Crippen molar-refractivity contribution in [3.05, 3.63) is 88.7 Å². The van der Waals surface area contributed by atoms with Gasteiger partial charge < -0.3 is 24.0 Å². The van der Waals surface area contributed by atoms with E-state index in [0.29, 0.717) is 48.1 Å². The van der Waals surface area contributed by atoms with Crippen LogP contribution in [0.15, 0.2) is 72.0 Å². The number of benzene rings is 2. The maximum absolute atomic E-state index is 6.49. The molecule has 4 aromatic rings. The van der Waals surface area contributed by atoms with Gasteiger partial charge in [0.15, 0.2) is 21.9 Å². The van der Waals surface area contributed by atoms with Gasteiger partial charge in [0.05, 0.1) is 26.8 Å². The third kappa shape index (κ3) is 6.05. The first-order valence-electron chi connectivity index (χ1n) is 13.0. The molecule has 5 rings (SSSR count). The highest BCUT2D eigenvalue weighted by Crippen LogP contribution is 2.41. The average molecular weight is 578 g/mol. The number of halogens is 1. The van der Waals surface area contributed by atoms with Crippen LogP contribution in [0.5, 0.6) is 17.2 Å². The number of nitrogens with zero attached hydrogens (tertiary/aromatic N) is 5. The molecule has 0 amide bonds. The molecule has 0 spiro atoms. The number of fused-ring (bicyclic) bond motifs is 1. The van der Waals surface area contributed by atoms with Crippen LogP contribution in [-0.4, -0.2) is 48.6 Å². The Kier molecular flexibility index (Phi) is 8.81. The van der Waals surface area contributed by atoms with Crippen LogP contribution in [0.4, 0.5) is 11.6 Å². The number of pyridine rings is 1. The van der Waals surface area contributed by atoms with Crippen molar-refractivity contribution in [2.75, 3.05) is 43.4 Å². The van der Waals surface area contributed by atoms with E-state index in [-0.39, 0.29) is 6.04 Å². The smallest absolute Gasteiger partial charge is 0.199 e. The zero-order chi connectivity index (χ0) is 28.1. The lowest BCUT2D eigenvalue weighted by molar-refractivity contribution is 0.296. The Morgan fingerprint density at radius 3 is 2.17 bits per heavy atom. The summed E-state index contributed by atoms with van der Waals surface area (Å²) < 4.78 is 16.6. The molecule has 0 saturated carbocycles. The summed E-state index contributed by atoms with van der Waals surface area (Å²) in [5.41, 5.74) is 3.39. The highest BCUT2D eigenvalue weighted by Gasteiger charge is 2.30. The van der Waals surface area contributed by atoms with E-state index in [1.54, 1.807) is 14.2 Å². The van der Waals surface area contributed by atoms with Crippen LogP contribution in [0.3, 0.4) is 0 Å². The fraction of sp³-hybridized carbons (Fsp3) is 0.300. The Hall–Kier alpha value is -3.69. The normalized spacial score (nSPS) is 13.3. The predicted octanol–water partition coefficient (Wildman–Crippen LogP) is 6.43. The minimum atomic E-state index is -0.0544. The predicted molar refractivity (Wildman–Crippen MR) is 160 cm³/mol. The fourth-order valence-electron chi connectivity index (χ4n) is 4.81. The topological polar surface area (TPSA) is 72.8 Å².